The van der Waals surface area contributed by atoms with Crippen LogP contribution in [0.2, 0.25) is 0 Å². The van der Waals surface area contributed by atoms with E-state index in [1.54, 1.807) is 6.92 Å². The number of aliphatic hydroxyl groups is 1. The lowest BCUT2D eigenvalue weighted by atomic mass is 9.91. The number of rotatable bonds is 0. The molecule has 0 aliphatic heterocycles. The molecule has 0 bridgehead atoms. The molecule has 0 aromatic carbocycles. The molecular formula is C9H14O. The Morgan fingerprint density at radius 1 is 1.70 bits per heavy atom. The highest BCUT2D eigenvalue weighted by molar-refractivity contribution is 5.18. The lowest BCUT2D eigenvalue weighted by Gasteiger charge is -2.16. The Labute approximate surface area is 62.1 Å². The first-order valence-electron chi connectivity index (χ1n) is 3.77. The summed E-state index contributed by atoms with van der Waals surface area (Å²) in [6, 6.07) is 0. The third-order valence-electron chi connectivity index (χ3n) is 2.02. The fourth-order valence-corrected chi connectivity index (χ4v) is 1.39. The predicted octanol–water partition coefficient (Wildman–Crippen LogP) is 2.80. The van der Waals surface area contributed by atoms with E-state index in [1.165, 1.54) is 5.57 Å². The smallest absolute Gasteiger partial charge is 0.0889 e. The summed E-state index contributed by atoms with van der Waals surface area (Å²) < 4.78 is 0. The first-order valence-corrected chi connectivity index (χ1v) is 3.77. The summed E-state index contributed by atoms with van der Waals surface area (Å²) in [4.78, 5) is 0. The Kier molecular flexibility index (Phi) is 2.15. The zero-order valence-corrected chi connectivity index (χ0v) is 6.59. The van der Waals surface area contributed by atoms with E-state index in [2.05, 4.69) is 19.1 Å². The Hall–Kier alpha value is -0.720. The van der Waals surface area contributed by atoms with Crippen molar-refractivity contribution in [1.82, 2.24) is 0 Å². The minimum absolute atomic E-state index is 0.443. The summed E-state index contributed by atoms with van der Waals surface area (Å²) in [5.74, 6) is 0.954. The molecule has 1 unspecified atom stereocenters. The summed E-state index contributed by atoms with van der Waals surface area (Å²) in [6.07, 6.45) is 6.44. The number of hydrogen-bond acceptors (Lipinski definition) is 1. The number of aliphatic hydroxyl groups excluding tert-OH is 1. The van der Waals surface area contributed by atoms with Crippen LogP contribution in [0, 0.1) is 5.92 Å². The molecular weight excluding hydrogens is 124 g/mol. The van der Waals surface area contributed by atoms with Crippen LogP contribution in [0.5, 0.6) is 0 Å². The summed E-state index contributed by atoms with van der Waals surface area (Å²) in [5.41, 5.74) is 1.20. The normalized spacial score (nSPS) is 30.4. The summed E-state index contributed by atoms with van der Waals surface area (Å²) in [5, 5.41) is 9.19. The molecule has 1 atom stereocenters. The molecule has 0 aromatic rings. The van der Waals surface area contributed by atoms with Crippen molar-refractivity contribution in [2.45, 2.75) is 26.7 Å². The maximum absolute atomic E-state index is 9.19. The van der Waals surface area contributed by atoms with E-state index in [1.807, 2.05) is 0 Å². The monoisotopic (exact) mass is 138 g/mol. The van der Waals surface area contributed by atoms with Gasteiger partial charge in [0, 0.05) is 0 Å². The fourth-order valence-electron chi connectivity index (χ4n) is 1.39. The van der Waals surface area contributed by atoms with Crippen molar-refractivity contribution < 1.29 is 5.11 Å². The molecule has 1 aliphatic rings. The van der Waals surface area contributed by atoms with E-state index in [0.29, 0.717) is 11.7 Å². The van der Waals surface area contributed by atoms with Crippen LogP contribution >= 0.6 is 0 Å². The highest BCUT2D eigenvalue weighted by Crippen LogP contribution is 2.25. The molecule has 0 heterocycles. The number of hydrogen-bond donors (Lipinski definition) is 1. The van der Waals surface area contributed by atoms with E-state index in [0.717, 1.165) is 12.8 Å². The Morgan fingerprint density at radius 3 is 2.80 bits per heavy atom. The van der Waals surface area contributed by atoms with Crippen molar-refractivity contribution >= 4 is 0 Å². The van der Waals surface area contributed by atoms with E-state index >= 15 is 0 Å². The van der Waals surface area contributed by atoms with Crippen LogP contribution in [0.4, 0.5) is 0 Å². The van der Waals surface area contributed by atoms with Crippen molar-refractivity contribution in [3.63, 3.8) is 0 Å². The highest BCUT2D eigenvalue weighted by Gasteiger charge is 2.11. The van der Waals surface area contributed by atoms with Gasteiger partial charge in [-0.05, 0) is 31.3 Å². The molecule has 0 radical (unpaired) electrons. The van der Waals surface area contributed by atoms with Gasteiger partial charge >= 0.3 is 0 Å². The van der Waals surface area contributed by atoms with Crippen molar-refractivity contribution in [2.75, 3.05) is 0 Å². The van der Waals surface area contributed by atoms with Crippen molar-refractivity contribution in [3.05, 3.63) is 23.5 Å². The third kappa shape index (κ3) is 1.41. The largest absolute Gasteiger partial charge is 0.513 e. The van der Waals surface area contributed by atoms with Gasteiger partial charge in [-0.15, -0.1) is 0 Å². The quantitative estimate of drug-likeness (QED) is 0.403. The zero-order valence-electron chi connectivity index (χ0n) is 6.59. The van der Waals surface area contributed by atoms with Crippen molar-refractivity contribution in [3.8, 4) is 0 Å². The van der Waals surface area contributed by atoms with Crippen molar-refractivity contribution in [1.29, 1.82) is 0 Å². The first-order chi connectivity index (χ1) is 4.72. The number of allylic oxidation sites excluding steroid dienone is 4. The lowest BCUT2D eigenvalue weighted by Crippen LogP contribution is -2.02. The van der Waals surface area contributed by atoms with E-state index in [-0.39, 0.29) is 0 Å². The minimum atomic E-state index is 0.443. The van der Waals surface area contributed by atoms with E-state index < -0.39 is 0 Å². The van der Waals surface area contributed by atoms with Crippen LogP contribution in [-0.4, -0.2) is 5.11 Å². The maximum Gasteiger partial charge on any atom is 0.0889 e. The molecule has 1 aliphatic carbocycles. The predicted molar refractivity (Wildman–Crippen MR) is 42.9 cm³/mol. The van der Waals surface area contributed by atoms with Crippen LogP contribution in [0.25, 0.3) is 0 Å². The second kappa shape index (κ2) is 2.91. The van der Waals surface area contributed by atoms with Gasteiger partial charge in [-0.25, -0.2) is 0 Å². The molecule has 1 rings (SSSR count). The van der Waals surface area contributed by atoms with Gasteiger partial charge in [-0.1, -0.05) is 19.1 Å². The molecule has 0 amide bonds. The van der Waals surface area contributed by atoms with Gasteiger partial charge < -0.3 is 5.11 Å². The van der Waals surface area contributed by atoms with Gasteiger partial charge in [0.25, 0.3) is 0 Å². The average molecular weight is 138 g/mol. The molecule has 0 saturated heterocycles. The third-order valence-corrected chi connectivity index (χ3v) is 2.02. The van der Waals surface area contributed by atoms with Crippen molar-refractivity contribution in [2.24, 2.45) is 5.92 Å². The molecule has 1 heteroatoms. The second-order valence-corrected chi connectivity index (χ2v) is 2.87. The van der Waals surface area contributed by atoms with Crippen LogP contribution in [0.3, 0.4) is 0 Å². The van der Waals surface area contributed by atoms with Crippen LogP contribution in [0.1, 0.15) is 26.7 Å². The summed E-state index contributed by atoms with van der Waals surface area (Å²) in [6.45, 7) is 3.88. The van der Waals surface area contributed by atoms with Gasteiger partial charge in [0.2, 0.25) is 0 Å². The molecule has 0 spiro atoms. The Balaban J connectivity index is 2.80. The Bertz CT molecular complexity index is 173. The van der Waals surface area contributed by atoms with Gasteiger partial charge in [-0.3, -0.25) is 0 Å². The van der Waals surface area contributed by atoms with E-state index in [9.17, 15) is 5.11 Å². The highest BCUT2D eigenvalue weighted by atomic mass is 16.3. The topological polar surface area (TPSA) is 20.2 Å². The van der Waals surface area contributed by atoms with Gasteiger partial charge in [0.15, 0.2) is 0 Å². The fraction of sp³-hybridized carbons (Fsp3) is 0.556. The average Bonchev–Trinajstić information content (AvgIpc) is 1.88. The van der Waals surface area contributed by atoms with E-state index in [4.69, 9.17) is 0 Å². The minimum Gasteiger partial charge on any atom is -0.513 e. The molecule has 1 N–H and O–H groups in total. The molecule has 10 heavy (non-hydrogen) atoms. The molecule has 56 valence electrons. The van der Waals surface area contributed by atoms with Crippen LogP contribution < -0.4 is 0 Å². The van der Waals surface area contributed by atoms with Gasteiger partial charge in [0.1, 0.15) is 0 Å². The maximum atomic E-state index is 9.19. The standard InChI is InChI=1S/C9H14O/c1-7-5-3-4-6-9(7)8(2)10/h3,5,7,10H,4,6H2,1-2H3/b9-8-. The Morgan fingerprint density at radius 2 is 2.40 bits per heavy atom. The van der Waals surface area contributed by atoms with Crippen LogP contribution in [0.15, 0.2) is 23.5 Å². The SMILES string of the molecule is C/C(O)=C1\CCC=CC1C. The molecule has 1 nitrogen and oxygen atoms in total. The summed E-state index contributed by atoms with van der Waals surface area (Å²) >= 11 is 0. The molecule has 0 saturated carbocycles. The van der Waals surface area contributed by atoms with Gasteiger partial charge in [0.05, 0.1) is 5.76 Å². The first kappa shape index (κ1) is 7.39. The van der Waals surface area contributed by atoms with Gasteiger partial charge in [-0.2, -0.15) is 0 Å². The lowest BCUT2D eigenvalue weighted by molar-refractivity contribution is 0.396. The molecule has 0 fully saturated rings. The second-order valence-electron chi connectivity index (χ2n) is 2.87. The molecule has 0 aromatic heterocycles. The van der Waals surface area contributed by atoms with Crippen LogP contribution in [-0.2, 0) is 0 Å². The summed E-state index contributed by atoms with van der Waals surface area (Å²) in [7, 11) is 0. The zero-order chi connectivity index (χ0) is 7.56.